The molecule has 6 nitrogen and oxygen atoms in total. The summed E-state index contributed by atoms with van der Waals surface area (Å²) < 4.78 is 49.4. The van der Waals surface area contributed by atoms with Gasteiger partial charge in [-0.15, -0.1) is 22.7 Å². The maximum Gasteiger partial charge on any atom is 0.250 e. The van der Waals surface area contributed by atoms with Crippen molar-refractivity contribution in [3.63, 3.8) is 0 Å². The molecule has 21 heavy (non-hydrogen) atoms. The number of thiophene rings is 2. The SMILES string of the molecule is NS(=O)(=O)c1ccc(CNS(=O)(=O)c2cc(Cl)c(Br)s2)s1. The molecule has 0 fully saturated rings. The molecule has 0 aliphatic carbocycles. The highest BCUT2D eigenvalue weighted by molar-refractivity contribution is 9.11. The molecule has 2 heterocycles. The maximum absolute atomic E-state index is 12.1. The average Bonchev–Trinajstić information content (AvgIpc) is 2.95. The van der Waals surface area contributed by atoms with E-state index in [1.807, 2.05) is 0 Å². The molecule has 0 atom stereocenters. The monoisotopic (exact) mass is 450 g/mol. The van der Waals surface area contributed by atoms with Crippen molar-refractivity contribution in [2.45, 2.75) is 15.0 Å². The molecule has 0 spiro atoms. The van der Waals surface area contributed by atoms with Crippen molar-refractivity contribution in [2.75, 3.05) is 0 Å². The van der Waals surface area contributed by atoms with Gasteiger partial charge < -0.3 is 0 Å². The predicted molar refractivity (Wildman–Crippen MR) is 86.7 cm³/mol. The lowest BCUT2D eigenvalue weighted by atomic mass is 10.5. The van der Waals surface area contributed by atoms with Crippen LogP contribution in [0, 0.1) is 0 Å². The van der Waals surface area contributed by atoms with E-state index in [0.717, 1.165) is 22.7 Å². The van der Waals surface area contributed by atoms with E-state index in [2.05, 4.69) is 20.7 Å². The topological polar surface area (TPSA) is 106 Å². The lowest BCUT2D eigenvalue weighted by Crippen LogP contribution is -2.21. The fourth-order valence-electron chi connectivity index (χ4n) is 1.30. The zero-order chi connectivity index (χ0) is 15.8. The van der Waals surface area contributed by atoms with Gasteiger partial charge in [-0.2, -0.15) is 0 Å². The molecule has 0 aliphatic rings. The number of halogens is 2. The Balaban J connectivity index is 2.14. The third-order valence-electron chi connectivity index (χ3n) is 2.24. The standard InChI is InChI=1S/C9H8BrClN2O4S4/c10-9-6(11)3-8(19-9)21(16,17)13-4-5-1-2-7(18-5)20(12,14)15/h1-3,13H,4H2,(H2,12,14,15). The number of sulfonamides is 2. The smallest absolute Gasteiger partial charge is 0.224 e. The molecule has 0 amide bonds. The Kier molecular flexibility index (Phi) is 5.15. The fourth-order valence-corrected chi connectivity index (χ4v) is 6.56. The van der Waals surface area contributed by atoms with Crippen molar-refractivity contribution in [1.29, 1.82) is 0 Å². The molecule has 3 N–H and O–H groups in total. The summed E-state index contributed by atoms with van der Waals surface area (Å²) in [6.45, 7) is -0.0321. The summed E-state index contributed by atoms with van der Waals surface area (Å²) >= 11 is 10.8. The summed E-state index contributed by atoms with van der Waals surface area (Å²) in [4.78, 5) is 0.532. The van der Waals surface area contributed by atoms with Crippen molar-refractivity contribution in [3.8, 4) is 0 Å². The second-order valence-corrected chi connectivity index (χ2v) is 11.5. The molecule has 2 aromatic heterocycles. The molecule has 12 heteroatoms. The zero-order valence-corrected chi connectivity index (χ0v) is 15.6. The highest BCUT2D eigenvalue weighted by Gasteiger charge is 2.19. The largest absolute Gasteiger partial charge is 0.250 e. The maximum atomic E-state index is 12.1. The fraction of sp³-hybridized carbons (Fsp3) is 0.111. The average molecular weight is 452 g/mol. The first-order valence-electron chi connectivity index (χ1n) is 5.15. The van der Waals surface area contributed by atoms with Gasteiger partial charge in [-0.1, -0.05) is 11.6 Å². The van der Waals surface area contributed by atoms with Crippen LogP contribution in [0.25, 0.3) is 0 Å². The van der Waals surface area contributed by atoms with Gasteiger partial charge >= 0.3 is 0 Å². The molecule has 0 aliphatic heterocycles. The minimum absolute atomic E-state index is 0.0152. The number of rotatable bonds is 5. The lowest BCUT2D eigenvalue weighted by Gasteiger charge is -2.02. The Labute approximate surface area is 143 Å². The molecule has 2 rings (SSSR count). The number of hydrogen-bond acceptors (Lipinski definition) is 6. The molecule has 2 aromatic rings. The van der Waals surface area contributed by atoms with E-state index in [0.29, 0.717) is 13.7 Å². The highest BCUT2D eigenvalue weighted by atomic mass is 79.9. The van der Waals surface area contributed by atoms with Gasteiger partial charge in [-0.3, -0.25) is 0 Å². The summed E-state index contributed by atoms with van der Waals surface area (Å²) in [6.07, 6.45) is 0. The molecule has 0 radical (unpaired) electrons. The van der Waals surface area contributed by atoms with E-state index >= 15 is 0 Å². The summed E-state index contributed by atoms with van der Waals surface area (Å²) in [5, 5.41) is 5.30. The summed E-state index contributed by atoms with van der Waals surface area (Å²) in [5.74, 6) is 0. The van der Waals surface area contributed by atoms with E-state index < -0.39 is 20.0 Å². The Morgan fingerprint density at radius 1 is 1.19 bits per heavy atom. The summed E-state index contributed by atoms with van der Waals surface area (Å²) in [5.41, 5.74) is 0. The van der Waals surface area contributed by atoms with Gasteiger partial charge in [0.2, 0.25) is 20.0 Å². The van der Waals surface area contributed by atoms with Crippen LogP contribution in [0.15, 0.2) is 30.4 Å². The van der Waals surface area contributed by atoms with Gasteiger partial charge in [-0.25, -0.2) is 26.7 Å². The van der Waals surface area contributed by atoms with Crippen LogP contribution in [0.1, 0.15) is 4.88 Å². The van der Waals surface area contributed by atoms with Crippen LogP contribution < -0.4 is 9.86 Å². The molecule has 0 unspecified atom stereocenters. The normalized spacial score (nSPS) is 12.7. The first-order valence-corrected chi connectivity index (χ1v) is 11.0. The second-order valence-electron chi connectivity index (χ2n) is 3.78. The summed E-state index contributed by atoms with van der Waals surface area (Å²) in [6, 6.07) is 4.18. The molecule has 0 bridgehead atoms. The van der Waals surface area contributed by atoms with E-state index in [1.165, 1.54) is 18.2 Å². The van der Waals surface area contributed by atoms with Crippen LogP contribution in [0.5, 0.6) is 0 Å². The number of nitrogens with one attached hydrogen (secondary N) is 1. The van der Waals surface area contributed by atoms with E-state index in [1.54, 1.807) is 0 Å². The van der Waals surface area contributed by atoms with Crippen LogP contribution in [0.2, 0.25) is 5.02 Å². The first kappa shape index (κ1) is 17.3. The number of hydrogen-bond donors (Lipinski definition) is 2. The van der Waals surface area contributed by atoms with Gasteiger partial charge in [0.1, 0.15) is 8.42 Å². The second kappa shape index (κ2) is 6.24. The van der Waals surface area contributed by atoms with Gasteiger partial charge in [0.25, 0.3) is 0 Å². The van der Waals surface area contributed by atoms with Crippen molar-refractivity contribution in [1.82, 2.24) is 4.72 Å². The molecule has 0 aromatic carbocycles. The van der Waals surface area contributed by atoms with E-state index in [-0.39, 0.29) is 15.0 Å². The lowest BCUT2D eigenvalue weighted by molar-refractivity contribution is 0.584. The number of primary sulfonamides is 1. The van der Waals surface area contributed by atoms with Crippen LogP contribution in [-0.2, 0) is 26.6 Å². The molecular formula is C9H8BrClN2O4S4. The Morgan fingerprint density at radius 3 is 2.33 bits per heavy atom. The Hall–Kier alpha value is -0.0100. The molecule has 116 valence electrons. The minimum Gasteiger partial charge on any atom is -0.224 e. The minimum atomic E-state index is -3.77. The van der Waals surface area contributed by atoms with Crippen LogP contribution in [0.4, 0.5) is 0 Å². The van der Waals surface area contributed by atoms with Crippen molar-refractivity contribution in [2.24, 2.45) is 5.14 Å². The van der Waals surface area contributed by atoms with E-state index in [4.69, 9.17) is 16.7 Å². The number of nitrogens with two attached hydrogens (primary N) is 1. The van der Waals surface area contributed by atoms with Crippen molar-refractivity contribution < 1.29 is 16.8 Å². The zero-order valence-electron chi connectivity index (χ0n) is 10.0. The van der Waals surface area contributed by atoms with Crippen LogP contribution >= 0.6 is 50.2 Å². The quantitative estimate of drug-likeness (QED) is 0.727. The Bertz CT molecular complexity index is 852. The predicted octanol–water partition coefficient (Wildman–Crippen LogP) is 2.35. The van der Waals surface area contributed by atoms with Crippen LogP contribution in [-0.4, -0.2) is 16.8 Å². The van der Waals surface area contributed by atoms with Crippen molar-refractivity contribution in [3.05, 3.63) is 31.9 Å². The summed E-state index contributed by atoms with van der Waals surface area (Å²) in [7, 11) is -7.48. The third-order valence-corrected chi connectivity index (χ3v) is 9.11. The molecular weight excluding hydrogens is 444 g/mol. The van der Waals surface area contributed by atoms with Crippen molar-refractivity contribution >= 4 is 70.3 Å². The Morgan fingerprint density at radius 2 is 1.86 bits per heavy atom. The van der Waals surface area contributed by atoms with Gasteiger partial charge in [0, 0.05) is 11.4 Å². The van der Waals surface area contributed by atoms with Gasteiger partial charge in [0.15, 0.2) is 0 Å². The highest BCUT2D eigenvalue weighted by Crippen LogP contribution is 2.34. The van der Waals surface area contributed by atoms with Gasteiger partial charge in [0.05, 0.1) is 8.81 Å². The van der Waals surface area contributed by atoms with Gasteiger partial charge in [-0.05, 0) is 34.1 Å². The third kappa shape index (κ3) is 4.26. The first-order chi connectivity index (χ1) is 9.59. The van der Waals surface area contributed by atoms with E-state index in [9.17, 15) is 16.8 Å². The van der Waals surface area contributed by atoms with Crippen LogP contribution in [0.3, 0.4) is 0 Å². The molecule has 0 saturated carbocycles. The molecule has 0 saturated heterocycles.